The van der Waals surface area contributed by atoms with Crippen molar-refractivity contribution in [2.45, 2.75) is 44.3 Å². The third-order valence-electron chi connectivity index (χ3n) is 2.91. The van der Waals surface area contributed by atoms with Crippen LogP contribution in [0, 0.1) is 5.92 Å². The van der Waals surface area contributed by atoms with Gasteiger partial charge in [-0.25, -0.2) is 13.1 Å². The van der Waals surface area contributed by atoms with Gasteiger partial charge >= 0.3 is 0 Å². The van der Waals surface area contributed by atoms with Crippen molar-refractivity contribution in [1.29, 1.82) is 0 Å². The molecule has 0 aliphatic heterocycles. The molecule has 0 spiro atoms. The molecule has 0 aromatic carbocycles. The molecule has 1 saturated carbocycles. The lowest BCUT2D eigenvalue weighted by Crippen LogP contribution is -2.28. The highest BCUT2D eigenvalue weighted by molar-refractivity contribution is 7.89. The van der Waals surface area contributed by atoms with Gasteiger partial charge in [-0.1, -0.05) is 13.8 Å². The van der Waals surface area contributed by atoms with E-state index in [-0.39, 0.29) is 5.03 Å². The van der Waals surface area contributed by atoms with Crippen molar-refractivity contribution in [3.63, 3.8) is 0 Å². The Labute approximate surface area is 108 Å². The summed E-state index contributed by atoms with van der Waals surface area (Å²) in [6.45, 7) is 5.05. The first-order chi connectivity index (χ1) is 8.49. The summed E-state index contributed by atoms with van der Waals surface area (Å²) in [6.07, 6.45) is 3.79. The first-order valence-electron chi connectivity index (χ1n) is 6.24. The summed E-state index contributed by atoms with van der Waals surface area (Å²) < 4.78 is 26.8. The quantitative estimate of drug-likeness (QED) is 0.678. The second-order valence-corrected chi connectivity index (χ2v) is 6.76. The van der Waals surface area contributed by atoms with Gasteiger partial charge in [0.1, 0.15) is 0 Å². The van der Waals surface area contributed by atoms with Crippen LogP contribution in [0.4, 0.5) is 0 Å². The van der Waals surface area contributed by atoms with Crippen molar-refractivity contribution in [2.75, 3.05) is 6.54 Å². The molecule has 7 heteroatoms. The highest BCUT2D eigenvalue weighted by atomic mass is 32.2. The predicted molar refractivity (Wildman–Crippen MR) is 68.5 cm³/mol. The first kappa shape index (κ1) is 13.5. The average molecular weight is 272 g/mol. The third-order valence-corrected chi connectivity index (χ3v) is 4.34. The van der Waals surface area contributed by atoms with Crippen molar-refractivity contribution >= 4 is 10.0 Å². The molecule has 0 unspecified atom stereocenters. The molecule has 0 atom stereocenters. The normalized spacial score (nSPS) is 16.4. The van der Waals surface area contributed by atoms with E-state index in [9.17, 15) is 8.42 Å². The summed E-state index contributed by atoms with van der Waals surface area (Å²) in [5.41, 5.74) is 0.673. The van der Waals surface area contributed by atoms with Crippen molar-refractivity contribution in [3.8, 4) is 0 Å². The lowest BCUT2D eigenvalue weighted by molar-refractivity contribution is 0.562. The van der Waals surface area contributed by atoms with Gasteiger partial charge in [0.25, 0.3) is 10.0 Å². The van der Waals surface area contributed by atoms with Gasteiger partial charge in [-0.15, -0.1) is 0 Å². The maximum absolute atomic E-state index is 12.1. The average Bonchev–Trinajstić information content (AvgIpc) is 3.00. The maximum Gasteiger partial charge on any atom is 0.257 e. The number of sulfonamides is 1. The molecule has 1 aliphatic carbocycles. The molecule has 6 nitrogen and oxygen atoms in total. The van der Waals surface area contributed by atoms with Crippen LogP contribution in [0.25, 0.3) is 0 Å². The molecule has 1 aromatic heterocycles. The Kier molecular flexibility index (Phi) is 4.04. The van der Waals surface area contributed by atoms with E-state index < -0.39 is 10.0 Å². The van der Waals surface area contributed by atoms with Gasteiger partial charge in [-0.3, -0.25) is 5.10 Å². The molecule has 0 radical (unpaired) electrons. The second-order valence-electron chi connectivity index (χ2n) is 5.06. The summed E-state index contributed by atoms with van der Waals surface area (Å²) in [5, 5.41) is 9.76. The molecule has 0 bridgehead atoms. The first-order valence-corrected chi connectivity index (χ1v) is 7.72. The fourth-order valence-corrected chi connectivity index (χ4v) is 2.84. The largest absolute Gasteiger partial charge is 0.310 e. The molecular weight excluding hydrogens is 252 g/mol. The minimum Gasteiger partial charge on any atom is -0.310 e. The van der Waals surface area contributed by atoms with E-state index in [1.807, 2.05) is 13.8 Å². The van der Waals surface area contributed by atoms with E-state index in [0.29, 0.717) is 30.6 Å². The Bertz CT molecular complexity index is 491. The Hall–Kier alpha value is -0.920. The number of nitrogens with zero attached hydrogens (tertiary/aromatic N) is 1. The zero-order valence-electron chi connectivity index (χ0n) is 10.7. The third kappa shape index (κ3) is 3.54. The lowest BCUT2D eigenvalue weighted by Gasteiger charge is -2.09. The van der Waals surface area contributed by atoms with Gasteiger partial charge < -0.3 is 5.32 Å². The van der Waals surface area contributed by atoms with Crippen molar-refractivity contribution in [1.82, 2.24) is 20.2 Å². The highest BCUT2D eigenvalue weighted by Gasteiger charge is 2.26. The van der Waals surface area contributed by atoms with Gasteiger partial charge in [0.15, 0.2) is 5.03 Å². The maximum atomic E-state index is 12.1. The lowest BCUT2D eigenvalue weighted by atomic mass is 10.3. The number of hydrogen-bond donors (Lipinski definition) is 3. The van der Waals surface area contributed by atoms with Crippen LogP contribution in [-0.2, 0) is 16.6 Å². The number of rotatable bonds is 7. The summed E-state index contributed by atoms with van der Waals surface area (Å²) in [4.78, 5) is 0. The molecule has 1 aromatic rings. The van der Waals surface area contributed by atoms with Crippen LogP contribution in [0.15, 0.2) is 11.2 Å². The zero-order chi connectivity index (χ0) is 13.2. The highest BCUT2D eigenvalue weighted by Crippen LogP contribution is 2.28. The molecular formula is C11H20N4O2S. The molecule has 3 N–H and O–H groups in total. The minimum absolute atomic E-state index is 0.177. The fourth-order valence-electron chi connectivity index (χ4n) is 1.59. The minimum atomic E-state index is -3.46. The van der Waals surface area contributed by atoms with E-state index in [1.165, 1.54) is 0 Å². The van der Waals surface area contributed by atoms with E-state index in [0.717, 1.165) is 12.8 Å². The predicted octanol–water partition coefficient (Wildman–Crippen LogP) is 0.596. The van der Waals surface area contributed by atoms with Crippen LogP contribution >= 0.6 is 0 Å². The van der Waals surface area contributed by atoms with E-state index >= 15 is 0 Å². The summed E-state index contributed by atoms with van der Waals surface area (Å²) in [6, 6.07) is 0.301. The van der Waals surface area contributed by atoms with Crippen LogP contribution in [0.5, 0.6) is 0 Å². The number of nitrogens with one attached hydrogen (secondary N) is 3. The Balaban J connectivity index is 2.03. The van der Waals surface area contributed by atoms with Crippen LogP contribution in [-0.4, -0.2) is 31.2 Å². The van der Waals surface area contributed by atoms with Gasteiger partial charge in [-0.2, -0.15) is 5.10 Å². The topological polar surface area (TPSA) is 86.9 Å². The van der Waals surface area contributed by atoms with Crippen molar-refractivity contribution in [2.24, 2.45) is 5.92 Å². The SMILES string of the molecule is CC(C)NCc1cn[nH]c1S(=O)(=O)NCC1CC1. The summed E-state index contributed by atoms with van der Waals surface area (Å²) in [7, 11) is -3.46. The molecule has 18 heavy (non-hydrogen) atoms. The van der Waals surface area contributed by atoms with Gasteiger partial charge in [0.2, 0.25) is 0 Å². The van der Waals surface area contributed by atoms with Gasteiger partial charge in [0.05, 0.1) is 6.20 Å². The van der Waals surface area contributed by atoms with Crippen LogP contribution in [0.2, 0.25) is 0 Å². The standard InChI is InChI=1S/C11H20N4O2S/c1-8(2)12-6-10-7-13-15-11(10)18(16,17)14-5-9-3-4-9/h7-9,12,14H,3-6H2,1-2H3,(H,13,15). The Morgan fingerprint density at radius 3 is 2.83 bits per heavy atom. The van der Waals surface area contributed by atoms with Gasteiger partial charge in [-0.05, 0) is 18.8 Å². The van der Waals surface area contributed by atoms with E-state index in [4.69, 9.17) is 0 Å². The number of aromatic nitrogens is 2. The molecule has 102 valence electrons. The molecule has 2 rings (SSSR count). The summed E-state index contributed by atoms with van der Waals surface area (Å²) >= 11 is 0. The fraction of sp³-hybridized carbons (Fsp3) is 0.727. The molecule has 0 amide bonds. The van der Waals surface area contributed by atoms with E-state index in [1.54, 1.807) is 6.20 Å². The Morgan fingerprint density at radius 1 is 1.50 bits per heavy atom. The van der Waals surface area contributed by atoms with Crippen LogP contribution in [0.3, 0.4) is 0 Å². The van der Waals surface area contributed by atoms with Crippen LogP contribution < -0.4 is 10.0 Å². The second kappa shape index (κ2) is 5.38. The van der Waals surface area contributed by atoms with Crippen molar-refractivity contribution in [3.05, 3.63) is 11.8 Å². The Morgan fingerprint density at radius 2 is 2.22 bits per heavy atom. The molecule has 1 fully saturated rings. The summed E-state index contributed by atoms with van der Waals surface area (Å²) in [5.74, 6) is 0.514. The molecule has 1 aliphatic rings. The number of aromatic amines is 1. The van der Waals surface area contributed by atoms with Crippen LogP contribution in [0.1, 0.15) is 32.3 Å². The number of hydrogen-bond acceptors (Lipinski definition) is 4. The monoisotopic (exact) mass is 272 g/mol. The van der Waals surface area contributed by atoms with Gasteiger partial charge in [0, 0.05) is 24.7 Å². The molecule has 0 saturated heterocycles. The van der Waals surface area contributed by atoms with E-state index in [2.05, 4.69) is 20.2 Å². The smallest absolute Gasteiger partial charge is 0.257 e. The van der Waals surface area contributed by atoms with Crippen molar-refractivity contribution < 1.29 is 8.42 Å². The molecule has 1 heterocycles. The zero-order valence-corrected chi connectivity index (χ0v) is 11.5. The number of H-pyrrole nitrogens is 1.